The number of hydrogen-bond donors (Lipinski definition) is 1. The summed E-state index contributed by atoms with van der Waals surface area (Å²) in [6.45, 7) is 6.19. The molecule has 0 radical (unpaired) electrons. The molecule has 0 aliphatic rings. The molecule has 18 heavy (non-hydrogen) atoms. The highest BCUT2D eigenvalue weighted by molar-refractivity contribution is 5.91. The average Bonchev–Trinajstić information content (AvgIpc) is 2.95. The van der Waals surface area contributed by atoms with Crippen molar-refractivity contribution in [2.24, 2.45) is 0 Å². The van der Waals surface area contributed by atoms with E-state index in [0.29, 0.717) is 12.3 Å². The zero-order valence-corrected chi connectivity index (χ0v) is 10.7. The van der Waals surface area contributed by atoms with E-state index in [0.717, 1.165) is 11.6 Å². The van der Waals surface area contributed by atoms with Crippen LogP contribution in [-0.4, -0.2) is 27.2 Å². The molecule has 0 fully saturated rings. The van der Waals surface area contributed by atoms with E-state index >= 15 is 0 Å². The first-order chi connectivity index (χ1) is 8.58. The molecule has 0 spiro atoms. The van der Waals surface area contributed by atoms with Gasteiger partial charge in [-0.2, -0.15) is 5.10 Å². The zero-order valence-electron chi connectivity index (χ0n) is 10.7. The van der Waals surface area contributed by atoms with Crippen molar-refractivity contribution in [3.05, 3.63) is 35.8 Å². The normalized spacial score (nSPS) is 12.4. The van der Waals surface area contributed by atoms with Crippen molar-refractivity contribution in [3.63, 3.8) is 0 Å². The van der Waals surface area contributed by atoms with Gasteiger partial charge in [-0.25, -0.2) is 9.67 Å². The highest BCUT2D eigenvalue weighted by Gasteiger charge is 2.13. The molecule has 0 aliphatic carbocycles. The van der Waals surface area contributed by atoms with Gasteiger partial charge in [0.05, 0.1) is 12.3 Å². The Balaban J connectivity index is 1.94. The minimum Gasteiger partial charge on any atom is -0.459 e. The summed E-state index contributed by atoms with van der Waals surface area (Å²) in [5, 5.41) is 7.08. The molecular formula is C12H16N4O2. The van der Waals surface area contributed by atoms with Gasteiger partial charge < -0.3 is 9.73 Å². The summed E-state index contributed by atoms with van der Waals surface area (Å²) in [5.74, 6) is 1.67. The lowest BCUT2D eigenvalue weighted by Crippen LogP contribution is -2.30. The van der Waals surface area contributed by atoms with E-state index in [2.05, 4.69) is 15.4 Å². The van der Waals surface area contributed by atoms with Crippen LogP contribution in [0, 0.1) is 13.8 Å². The lowest BCUT2D eigenvalue weighted by molar-refractivity contribution is 0.0920. The molecule has 2 rings (SSSR count). The lowest BCUT2D eigenvalue weighted by atomic mass is 10.3. The summed E-state index contributed by atoms with van der Waals surface area (Å²) in [6, 6.07) is 3.36. The third-order valence-corrected chi connectivity index (χ3v) is 2.63. The fourth-order valence-electron chi connectivity index (χ4n) is 1.78. The van der Waals surface area contributed by atoms with Crippen LogP contribution < -0.4 is 5.32 Å². The van der Waals surface area contributed by atoms with Gasteiger partial charge in [-0.05, 0) is 32.9 Å². The molecule has 2 heterocycles. The number of aromatic nitrogens is 3. The Kier molecular flexibility index (Phi) is 3.45. The van der Waals surface area contributed by atoms with Crippen molar-refractivity contribution in [2.45, 2.75) is 26.8 Å². The lowest BCUT2D eigenvalue weighted by Gasteiger charge is -2.13. The molecule has 0 aromatic carbocycles. The molecular weight excluding hydrogens is 232 g/mol. The summed E-state index contributed by atoms with van der Waals surface area (Å²) in [4.78, 5) is 15.9. The van der Waals surface area contributed by atoms with Gasteiger partial charge in [-0.15, -0.1) is 0 Å². The monoisotopic (exact) mass is 248 g/mol. The van der Waals surface area contributed by atoms with Crippen LogP contribution in [0.15, 0.2) is 22.8 Å². The minimum atomic E-state index is -0.221. The quantitative estimate of drug-likeness (QED) is 0.889. The first kappa shape index (κ1) is 12.3. The third-order valence-electron chi connectivity index (χ3n) is 2.63. The smallest absolute Gasteiger partial charge is 0.287 e. The van der Waals surface area contributed by atoms with E-state index < -0.39 is 0 Å². The highest BCUT2D eigenvalue weighted by Crippen LogP contribution is 2.07. The van der Waals surface area contributed by atoms with E-state index in [-0.39, 0.29) is 11.9 Å². The van der Waals surface area contributed by atoms with Gasteiger partial charge in [0.1, 0.15) is 11.6 Å². The Labute approximate surface area is 105 Å². The van der Waals surface area contributed by atoms with E-state index in [4.69, 9.17) is 4.42 Å². The number of hydrogen-bond acceptors (Lipinski definition) is 4. The van der Waals surface area contributed by atoms with Crippen LogP contribution in [0.3, 0.4) is 0 Å². The number of nitrogens with zero attached hydrogens (tertiary/aromatic N) is 3. The molecule has 0 saturated carbocycles. The van der Waals surface area contributed by atoms with Crippen LogP contribution in [0.4, 0.5) is 0 Å². The van der Waals surface area contributed by atoms with Crippen LogP contribution in [-0.2, 0) is 0 Å². The van der Waals surface area contributed by atoms with E-state index in [1.807, 2.05) is 20.8 Å². The largest absolute Gasteiger partial charge is 0.459 e. The van der Waals surface area contributed by atoms with Crippen LogP contribution in [0.2, 0.25) is 0 Å². The predicted octanol–water partition coefficient (Wildman–Crippen LogP) is 1.48. The van der Waals surface area contributed by atoms with Crippen molar-refractivity contribution in [3.8, 4) is 0 Å². The third kappa shape index (κ3) is 2.58. The van der Waals surface area contributed by atoms with E-state index in [1.54, 1.807) is 16.8 Å². The number of carbonyl (C=O) groups is 1. The number of carbonyl (C=O) groups excluding carboxylic acids is 1. The molecule has 2 aromatic heterocycles. The van der Waals surface area contributed by atoms with Crippen molar-refractivity contribution < 1.29 is 9.21 Å². The van der Waals surface area contributed by atoms with Gasteiger partial charge in [-0.1, -0.05) is 0 Å². The van der Waals surface area contributed by atoms with Crippen molar-refractivity contribution in [1.29, 1.82) is 0 Å². The first-order valence-electron chi connectivity index (χ1n) is 5.79. The number of rotatable bonds is 4. The van der Waals surface area contributed by atoms with Crippen molar-refractivity contribution in [1.82, 2.24) is 20.1 Å². The molecule has 0 aliphatic heterocycles. The molecule has 0 bridgehead atoms. The van der Waals surface area contributed by atoms with Crippen molar-refractivity contribution >= 4 is 5.91 Å². The minimum absolute atomic E-state index is 0.0464. The fourth-order valence-corrected chi connectivity index (χ4v) is 1.78. The number of aryl methyl sites for hydroxylation is 2. The second-order valence-corrected chi connectivity index (χ2v) is 4.19. The predicted molar refractivity (Wildman–Crippen MR) is 65.2 cm³/mol. The van der Waals surface area contributed by atoms with Crippen LogP contribution in [0.25, 0.3) is 0 Å². The summed E-state index contributed by atoms with van der Waals surface area (Å²) in [5.41, 5.74) is 0. The molecule has 0 saturated heterocycles. The molecule has 1 N–H and O–H groups in total. The van der Waals surface area contributed by atoms with Gasteiger partial charge in [0.15, 0.2) is 5.76 Å². The zero-order chi connectivity index (χ0) is 13.1. The Bertz CT molecular complexity index is 530. The maximum absolute atomic E-state index is 11.7. The van der Waals surface area contributed by atoms with Crippen molar-refractivity contribution in [2.75, 3.05) is 6.54 Å². The summed E-state index contributed by atoms with van der Waals surface area (Å²) in [6.07, 6.45) is 1.48. The molecule has 0 unspecified atom stereocenters. The van der Waals surface area contributed by atoms with Gasteiger partial charge in [0.2, 0.25) is 0 Å². The van der Waals surface area contributed by atoms with E-state index in [1.165, 1.54) is 6.26 Å². The summed E-state index contributed by atoms with van der Waals surface area (Å²) < 4.78 is 6.82. The molecule has 1 atom stereocenters. The molecule has 6 heteroatoms. The SMILES string of the molecule is Cc1nc(C)n([C@@H](C)CNC(=O)c2ccco2)n1. The molecule has 96 valence electrons. The summed E-state index contributed by atoms with van der Waals surface area (Å²) in [7, 11) is 0. The van der Waals surface area contributed by atoms with Gasteiger partial charge >= 0.3 is 0 Å². The first-order valence-corrected chi connectivity index (χ1v) is 5.79. The molecule has 2 aromatic rings. The number of furan rings is 1. The average molecular weight is 248 g/mol. The maximum Gasteiger partial charge on any atom is 0.287 e. The Hall–Kier alpha value is -2.11. The number of amides is 1. The van der Waals surface area contributed by atoms with Gasteiger partial charge in [-0.3, -0.25) is 4.79 Å². The second-order valence-electron chi connectivity index (χ2n) is 4.19. The number of nitrogens with one attached hydrogen (secondary N) is 1. The van der Waals surface area contributed by atoms with Gasteiger partial charge in [0, 0.05) is 6.54 Å². The standard InChI is InChI=1S/C12H16N4O2/c1-8(16-10(3)14-9(2)15-16)7-13-12(17)11-5-4-6-18-11/h4-6,8H,7H2,1-3H3,(H,13,17)/t8-/m0/s1. The Morgan fingerprint density at radius 2 is 2.33 bits per heavy atom. The van der Waals surface area contributed by atoms with Crippen LogP contribution >= 0.6 is 0 Å². The molecule has 6 nitrogen and oxygen atoms in total. The Morgan fingerprint density at radius 1 is 1.56 bits per heavy atom. The Morgan fingerprint density at radius 3 is 2.89 bits per heavy atom. The van der Waals surface area contributed by atoms with E-state index in [9.17, 15) is 4.79 Å². The maximum atomic E-state index is 11.7. The van der Waals surface area contributed by atoms with Crippen LogP contribution in [0.1, 0.15) is 35.2 Å². The highest BCUT2D eigenvalue weighted by atomic mass is 16.3. The fraction of sp³-hybridized carbons (Fsp3) is 0.417. The molecule has 1 amide bonds. The summed E-state index contributed by atoms with van der Waals surface area (Å²) >= 11 is 0. The van der Waals surface area contributed by atoms with Crippen LogP contribution in [0.5, 0.6) is 0 Å². The second kappa shape index (κ2) is 5.03. The topological polar surface area (TPSA) is 73.0 Å². The van der Waals surface area contributed by atoms with Gasteiger partial charge in [0.25, 0.3) is 5.91 Å².